The van der Waals surface area contributed by atoms with Gasteiger partial charge in [-0.2, -0.15) is 0 Å². The van der Waals surface area contributed by atoms with E-state index in [9.17, 15) is 9.18 Å². The van der Waals surface area contributed by atoms with E-state index in [0.29, 0.717) is 35.3 Å². The van der Waals surface area contributed by atoms with Crippen LogP contribution in [0, 0.1) is 5.82 Å². The summed E-state index contributed by atoms with van der Waals surface area (Å²) in [5.74, 6) is -0.290. The molecule has 5 aromatic rings. The molecule has 5 rings (SSSR count). The highest BCUT2D eigenvalue weighted by Crippen LogP contribution is 2.26. The summed E-state index contributed by atoms with van der Waals surface area (Å²) in [6.45, 7) is 3.02. The zero-order chi connectivity index (χ0) is 20.0. The van der Waals surface area contributed by atoms with E-state index in [4.69, 9.17) is 9.97 Å². The molecule has 2 aromatic carbocycles. The van der Waals surface area contributed by atoms with Gasteiger partial charge < -0.3 is 4.57 Å². The number of benzene rings is 2. The monoisotopic (exact) mass is 387 g/mol. The lowest BCUT2D eigenvalue weighted by Crippen LogP contribution is -2.20. The van der Waals surface area contributed by atoms with Crippen molar-refractivity contribution in [1.29, 1.82) is 0 Å². The van der Waals surface area contributed by atoms with Gasteiger partial charge in [-0.05, 0) is 36.2 Å². The maximum absolute atomic E-state index is 13.3. The Kier molecular flexibility index (Phi) is 4.08. The average molecular weight is 387 g/mol. The van der Waals surface area contributed by atoms with E-state index < -0.39 is 0 Å². The molecule has 0 aliphatic rings. The largest absolute Gasteiger partial charge is 0.304 e. The van der Waals surface area contributed by atoms with Gasteiger partial charge in [0.1, 0.15) is 16.7 Å². The molecule has 0 amide bonds. The lowest BCUT2D eigenvalue weighted by atomic mass is 10.2. The Balaban J connectivity index is 1.85. The first-order valence-corrected chi connectivity index (χ1v) is 9.54. The predicted octanol–water partition coefficient (Wildman–Crippen LogP) is 3.89. The minimum atomic E-state index is -0.290. The molecule has 0 N–H and O–H groups in total. The van der Waals surface area contributed by atoms with Crippen molar-refractivity contribution in [3.05, 3.63) is 76.6 Å². The van der Waals surface area contributed by atoms with Crippen LogP contribution in [0.15, 0.2) is 59.7 Å². The minimum Gasteiger partial charge on any atom is -0.304 e. The fourth-order valence-corrected chi connectivity index (χ4v) is 3.66. The van der Waals surface area contributed by atoms with E-state index >= 15 is 0 Å². The smallest absolute Gasteiger partial charge is 0.265 e. The third kappa shape index (κ3) is 2.86. The first-order chi connectivity index (χ1) is 14.2. The Morgan fingerprint density at radius 3 is 2.41 bits per heavy atom. The second-order valence-corrected chi connectivity index (χ2v) is 7.04. The van der Waals surface area contributed by atoms with Crippen molar-refractivity contribution in [3.8, 4) is 0 Å². The van der Waals surface area contributed by atoms with Crippen LogP contribution in [0.3, 0.4) is 0 Å². The number of halogens is 1. The maximum Gasteiger partial charge on any atom is 0.265 e. The molecular formula is C22H18FN5O. The molecule has 0 fully saturated rings. The molecule has 7 heteroatoms. The highest BCUT2D eigenvalue weighted by atomic mass is 19.1. The molecule has 144 valence electrons. The Morgan fingerprint density at radius 1 is 0.966 bits per heavy atom. The molecule has 0 aliphatic heterocycles. The molecule has 0 spiro atoms. The van der Waals surface area contributed by atoms with Crippen LogP contribution in [0.4, 0.5) is 4.39 Å². The molecule has 0 saturated carbocycles. The highest BCUT2D eigenvalue weighted by Gasteiger charge is 2.19. The minimum absolute atomic E-state index is 0.121. The van der Waals surface area contributed by atoms with Gasteiger partial charge in [-0.3, -0.25) is 9.36 Å². The number of fused-ring (bicyclic) bond motifs is 4. The first kappa shape index (κ1) is 17.5. The van der Waals surface area contributed by atoms with Crippen molar-refractivity contribution in [3.63, 3.8) is 0 Å². The van der Waals surface area contributed by atoms with Crippen LogP contribution in [0.1, 0.15) is 18.9 Å². The summed E-state index contributed by atoms with van der Waals surface area (Å²) >= 11 is 0. The highest BCUT2D eigenvalue weighted by molar-refractivity contribution is 6.04. The second kappa shape index (κ2) is 6.77. The van der Waals surface area contributed by atoms with Gasteiger partial charge in [-0.15, -0.1) is 0 Å². The van der Waals surface area contributed by atoms with Crippen LogP contribution in [0.5, 0.6) is 0 Å². The normalized spacial score (nSPS) is 11.7. The van der Waals surface area contributed by atoms with Gasteiger partial charge in [-0.25, -0.2) is 19.3 Å². The fourth-order valence-electron chi connectivity index (χ4n) is 3.66. The number of nitrogens with zero attached hydrogens (tertiary/aromatic N) is 5. The maximum atomic E-state index is 13.3. The van der Waals surface area contributed by atoms with Crippen molar-refractivity contribution in [2.24, 2.45) is 0 Å². The number of hydrogen-bond acceptors (Lipinski definition) is 4. The molecule has 3 aromatic heterocycles. The zero-order valence-electron chi connectivity index (χ0n) is 15.8. The SMILES string of the molecule is CCCn1cnc2c(c1=O)c1nc3ccccc3nc1n2Cc1ccc(F)cc1. The molecule has 0 unspecified atom stereocenters. The molecule has 3 heterocycles. The van der Waals surface area contributed by atoms with E-state index in [0.717, 1.165) is 23.0 Å². The Labute approximate surface area is 165 Å². The number of para-hydroxylation sites is 2. The summed E-state index contributed by atoms with van der Waals surface area (Å²) in [4.78, 5) is 27.3. The third-order valence-electron chi connectivity index (χ3n) is 5.04. The average Bonchev–Trinajstić information content (AvgIpc) is 3.03. The summed E-state index contributed by atoms with van der Waals surface area (Å²) in [7, 11) is 0. The Morgan fingerprint density at radius 2 is 1.69 bits per heavy atom. The molecular weight excluding hydrogens is 369 g/mol. The van der Waals surface area contributed by atoms with Crippen LogP contribution >= 0.6 is 0 Å². The Hall–Kier alpha value is -3.61. The van der Waals surface area contributed by atoms with Gasteiger partial charge in [0.15, 0.2) is 11.3 Å². The summed E-state index contributed by atoms with van der Waals surface area (Å²) in [5, 5.41) is 0.469. The van der Waals surface area contributed by atoms with E-state index in [1.165, 1.54) is 12.1 Å². The fraction of sp³-hybridized carbons (Fsp3) is 0.182. The molecule has 0 bridgehead atoms. The van der Waals surface area contributed by atoms with Crippen molar-refractivity contribution < 1.29 is 4.39 Å². The molecule has 0 atom stereocenters. The summed E-state index contributed by atoms with van der Waals surface area (Å²) < 4.78 is 16.8. The van der Waals surface area contributed by atoms with Gasteiger partial charge >= 0.3 is 0 Å². The van der Waals surface area contributed by atoms with E-state index in [1.807, 2.05) is 35.8 Å². The van der Waals surface area contributed by atoms with E-state index in [1.54, 1.807) is 23.0 Å². The third-order valence-corrected chi connectivity index (χ3v) is 5.04. The van der Waals surface area contributed by atoms with Crippen molar-refractivity contribution >= 4 is 33.2 Å². The van der Waals surface area contributed by atoms with Crippen LogP contribution in [-0.4, -0.2) is 24.1 Å². The van der Waals surface area contributed by atoms with Crippen molar-refractivity contribution in [1.82, 2.24) is 24.1 Å². The molecule has 29 heavy (non-hydrogen) atoms. The zero-order valence-corrected chi connectivity index (χ0v) is 15.8. The summed E-state index contributed by atoms with van der Waals surface area (Å²) in [6, 6.07) is 13.9. The van der Waals surface area contributed by atoms with Gasteiger partial charge in [0.2, 0.25) is 0 Å². The quantitative estimate of drug-likeness (QED) is 0.469. The molecule has 0 saturated heterocycles. The number of aromatic nitrogens is 5. The standard InChI is InChI=1S/C22H18FN5O/c1-2-11-27-13-24-20-18(22(27)29)19-21(26-17-6-4-3-5-16(17)25-19)28(20)12-14-7-9-15(23)10-8-14/h3-10,13H,2,11-12H2,1H3. The topological polar surface area (TPSA) is 65.6 Å². The van der Waals surface area contributed by atoms with Gasteiger partial charge in [0.05, 0.1) is 23.9 Å². The Bertz CT molecular complexity index is 1420. The molecule has 0 radical (unpaired) electrons. The van der Waals surface area contributed by atoms with Gasteiger partial charge in [0.25, 0.3) is 5.56 Å². The number of aryl methyl sites for hydroxylation is 1. The van der Waals surface area contributed by atoms with Crippen LogP contribution < -0.4 is 5.56 Å². The number of rotatable bonds is 4. The van der Waals surface area contributed by atoms with Crippen molar-refractivity contribution in [2.75, 3.05) is 0 Å². The molecule has 6 nitrogen and oxygen atoms in total. The van der Waals surface area contributed by atoms with Gasteiger partial charge in [-0.1, -0.05) is 31.2 Å². The van der Waals surface area contributed by atoms with E-state index in [2.05, 4.69) is 4.98 Å². The molecule has 0 aliphatic carbocycles. The van der Waals surface area contributed by atoms with Crippen LogP contribution in [-0.2, 0) is 13.1 Å². The lowest BCUT2D eigenvalue weighted by molar-refractivity contribution is 0.626. The second-order valence-electron chi connectivity index (χ2n) is 7.04. The van der Waals surface area contributed by atoms with Crippen molar-refractivity contribution in [2.45, 2.75) is 26.4 Å². The van der Waals surface area contributed by atoms with E-state index in [-0.39, 0.29) is 11.4 Å². The van der Waals surface area contributed by atoms with Crippen LogP contribution in [0.2, 0.25) is 0 Å². The van der Waals surface area contributed by atoms with Gasteiger partial charge in [0, 0.05) is 6.54 Å². The van der Waals surface area contributed by atoms with Crippen LogP contribution in [0.25, 0.3) is 33.2 Å². The first-order valence-electron chi connectivity index (χ1n) is 9.54. The summed E-state index contributed by atoms with van der Waals surface area (Å²) in [6.07, 6.45) is 2.41. The lowest BCUT2D eigenvalue weighted by Gasteiger charge is -2.07. The predicted molar refractivity (Wildman–Crippen MR) is 110 cm³/mol. The number of hydrogen-bond donors (Lipinski definition) is 0. The summed E-state index contributed by atoms with van der Waals surface area (Å²) in [5.41, 5.74) is 3.93.